The van der Waals surface area contributed by atoms with E-state index in [0.717, 1.165) is 0 Å². The fourth-order valence-electron chi connectivity index (χ4n) is 1.07. The Bertz CT molecular complexity index is 363. The Labute approximate surface area is 80.7 Å². The molecule has 5 nitrogen and oxygen atoms in total. The molecule has 1 aromatic rings. The number of benzene rings is 1. The third-order valence-electron chi connectivity index (χ3n) is 1.75. The second-order valence-corrected chi connectivity index (χ2v) is 2.77. The summed E-state index contributed by atoms with van der Waals surface area (Å²) in [5.74, 6) is -0.170. The predicted octanol–water partition coefficient (Wildman–Crippen LogP) is 1.13. The van der Waals surface area contributed by atoms with Gasteiger partial charge in [0.15, 0.2) is 5.78 Å². The van der Waals surface area contributed by atoms with Gasteiger partial charge in [-0.3, -0.25) is 14.9 Å². The number of Topliss-reactive ketones (excluding diaryl/α,β-unsaturated/α-hetero) is 1. The molecule has 0 aliphatic rings. The van der Waals surface area contributed by atoms with E-state index in [1.807, 2.05) is 0 Å². The van der Waals surface area contributed by atoms with E-state index in [4.69, 9.17) is 5.73 Å². The molecule has 0 atom stereocenters. The fourth-order valence-corrected chi connectivity index (χ4v) is 1.07. The van der Waals surface area contributed by atoms with Gasteiger partial charge in [0.05, 0.1) is 4.92 Å². The molecule has 14 heavy (non-hydrogen) atoms. The maximum atomic E-state index is 11.3. The summed E-state index contributed by atoms with van der Waals surface area (Å²) in [5.41, 5.74) is 5.47. The predicted molar refractivity (Wildman–Crippen MR) is 51.1 cm³/mol. The minimum Gasteiger partial charge on any atom is -0.330 e. The molecule has 1 rings (SSSR count). The van der Waals surface area contributed by atoms with Crippen molar-refractivity contribution < 1.29 is 9.72 Å². The Morgan fingerprint density at radius 3 is 2.79 bits per heavy atom. The topological polar surface area (TPSA) is 86.2 Å². The van der Waals surface area contributed by atoms with Gasteiger partial charge in [-0.05, 0) is 6.54 Å². The molecule has 0 radical (unpaired) electrons. The van der Waals surface area contributed by atoms with Crippen molar-refractivity contribution in [3.05, 3.63) is 39.9 Å². The highest BCUT2D eigenvalue weighted by molar-refractivity contribution is 5.96. The zero-order valence-electron chi connectivity index (χ0n) is 7.47. The van der Waals surface area contributed by atoms with Crippen LogP contribution in [0.2, 0.25) is 0 Å². The lowest BCUT2D eigenvalue weighted by Crippen LogP contribution is -2.08. The van der Waals surface area contributed by atoms with Crippen LogP contribution in [0.25, 0.3) is 0 Å². The Morgan fingerprint density at radius 2 is 2.21 bits per heavy atom. The van der Waals surface area contributed by atoms with Crippen molar-refractivity contribution in [2.75, 3.05) is 6.54 Å². The van der Waals surface area contributed by atoms with Crippen LogP contribution in [0.1, 0.15) is 16.8 Å². The van der Waals surface area contributed by atoms with Gasteiger partial charge in [-0.25, -0.2) is 0 Å². The molecular formula is C9H10N2O3. The number of hydrogen-bond donors (Lipinski definition) is 1. The van der Waals surface area contributed by atoms with Gasteiger partial charge in [0, 0.05) is 24.1 Å². The lowest BCUT2D eigenvalue weighted by atomic mass is 10.1. The second-order valence-electron chi connectivity index (χ2n) is 2.77. The van der Waals surface area contributed by atoms with Gasteiger partial charge in [-0.2, -0.15) is 0 Å². The molecule has 5 heteroatoms. The van der Waals surface area contributed by atoms with E-state index >= 15 is 0 Å². The number of non-ortho nitro benzene ring substituents is 1. The van der Waals surface area contributed by atoms with Crippen molar-refractivity contribution in [1.82, 2.24) is 0 Å². The third-order valence-corrected chi connectivity index (χ3v) is 1.75. The first-order chi connectivity index (χ1) is 6.65. The van der Waals surface area contributed by atoms with Gasteiger partial charge in [-0.15, -0.1) is 0 Å². The smallest absolute Gasteiger partial charge is 0.270 e. The van der Waals surface area contributed by atoms with E-state index < -0.39 is 4.92 Å². The zero-order valence-corrected chi connectivity index (χ0v) is 7.47. The summed E-state index contributed by atoms with van der Waals surface area (Å²) in [6.45, 7) is 0.252. The van der Waals surface area contributed by atoms with Gasteiger partial charge in [0.1, 0.15) is 0 Å². The molecule has 0 heterocycles. The van der Waals surface area contributed by atoms with Gasteiger partial charge in [0.25, 0.3) is 5.69 Å². The van der Waals surface area contributed by atoms with Crippen LogP contribution in [-0.4, -0.2) is 17.3 Å². The van der Waals surface area contributed by atoms with Crippen LogP contribution < -0.4 is 5.73 Å². The van der Waals surface area contributed by atoms with Crippen LogP contribution in [0.3, 0.4) is 0 Å². The first-order valence-electron chi connectivity index (χ1n) is 4.13. The molecule has 74 valence electrons. The van der Waals surface area contributed by atoms with E-state index in [1.54, 1.807) is 6.07 Å². The summed E-state index contributed by atoms with van der Waals surface area (Å²) in [4.78, 5) is 21.2. The molecule has 0 bridgehead atoms. The Kier molecular flexibility index (Phi) is 3.30. The first-order valence-corrected chi connectivity index (χ1v) is 4.13. The van der Waals surface area contributed by atoms with Crippen LogP contribution in [0.15, 0.2) is 24.3 Å². The van der Waals surface area contributed by atoms with Crippen molar-refractivity contribution in [2.24, 2.45) is 5.73 Å². The summed E-state index contributed by atoms with van der Waals surface area (Å²) < 4.78 is 0. The summed E-state index contributed by atoms with van der Waals surface area (Å²) in [6, 6.07) is 5.64. The summed E-state index contributed by atoms with van der Waals surface area (Å²) in [5, 5.41) is 10.4. The highest BCUT2D eigenvalue weighted by Crippen LogP contribution is 2.14. The van der Waals surface area contributed by atoms with E-state index in [9.17, 15) is 14.9 Å². The fraction of sp³-hybridized carbons (Fsp3) is 0.222. The maximum absolute atomic E-state index is 11.3. The number of nitro benzene ring substituents is 1. The molecule has 0 aromatic heterocycles. The van der Waals surface area contributed by atoms with Crippen LogP contribution in [-0.2, 0) is 0 Å². The third kappa shape index (κ3) is 2.37. The Morgan fingerprint density at radius 1 is 1.50 bits per heavy atom. The minimum atomic E-state index is -0.529. The number of nitro groups is 1. The van der Waals surface area contributed by atoms with Crippen LogP contribution in [0.4, 0.5) is 5.69 Å². The average Bonchev–Trinajstić information content (AvgIpc) is 2.18. The number of nitrogens with zero attached hydrogens (tertiary/aromatic N) is 1. The van der Waals surface area contributed by atoms with E-state index in [1.165, 1.54) is 18.2 Å². The van der Waals surface area contributed by atoms with Crippen molar-refractivity contribution in [1.29, 1.82) is 0 Å². The quantitative estimate of drug-likeness (QED) is 0.442. The number of hydrogen-bond acceptors (Lipinski definition) is 4. The van der Waals surface area contributed by atoms with Gasteiger partial charge in [0.2, 0.25) is 0 Å². The normalized spacial score (nSPS) is 9.79. The number of carbonyl (C=O) groups excluding carboxylic acids is 1. The number of rotatable bonds is 4. The second kappa shape index (κ2) is 4.48. The van der Waals surface area contributed by atoms with Gasteiger partial charge < -0.3 is 5.73 Å². The Hall–Kier alpha value is -1.75. The van der Waals surface area contributed by atoms with Gasteiger partial charge in [-0.1, -0.05) is 12.1 Å². The maximum Gasteiger partial charge on any atom is 0.270 e. The minimum absolute atomic E-state index is 0.0760. The zero-order chi connectivity index (χ0) is 10.6. The number of nitrogens with two attached hydrogens (primary N) is 1. The molecule has 0 amide bonds. The monoisotopic (exact) mass is 194 g/mol. The average molecular weight is 194 g/mol. The number of carbonyl (C=O) groups is 1. The van der Waals surface area contributed by atoms with E-state index in [0.29, 0.717) is 5.56 Å². The van der Waals surface area contributed by atoms with Crippen LogP contribution in [0, 0.1) is 10.1 Å². The molecule has 2 N–H and O–H groups in total. The van der Waals surface area contributed by atoms with Crippen molar-refractivity contribution in [3.8, 4) is 0 Å². The van der Waals surface area contributed by atoms with Crippen LogP contribution >= 0.6 is 0 Å². The number of ketones is 1. The highest BCUT2D eigenvalue weighted by atomic mass is 16.6. The Balaban J connectivity index is 2.93. The largest absolute Gasteiger partial charge is 0.330 e. The molecule has 0 spiro atoms. The van der Waals surface area contributed by atoms with E-state index in [-0.39, 0.29) is 24.4 Å². The summed E-state index contributed by atoms with van der Waals surface area (Å²) in [6.07, 6.45) is 0.209. The van der Waals surface area contributed by atoms with Crippen molar-refractivity contribution in [3.63, 3.8) is 0 Å². The summed E-state index contributed by atoms with van der Waals surface area (Å²) >= 11 is 0. The molecular weight excluding hydrogens is 184 g/mol. The first kappa shape index (κ1) is 10.3. The van der Waals surface area contributed by atoms with Gasteiger partial charge >= 0.3 is 0 Å². The standard InChI is InChI=1S/C9H10N2O3/c10-5-4-9(12)7-2-1-3-8(6-7)11(13)14/h1-3,6H,4-5,10H2. The van der Waals surface area contributed by atoms with Crippen LogP contribution in [0.5, 0.6) is 0 Å². The molecule has 0 unspecified atom stereocenters. The SMILES string of the molecule is NCCC(=O)c1cccc([N+](=O)[O-])c1. The molecule has 1 aromatic carbocycles. The lowest BCUT2D eigenvalue weighted by Gasteiger charge is -1.98. The molecule has 0 aliphatic carbocycles. The highest BCUT2D eigenvalue weighted by Gasteiger charge is 2.10. The lowest BCUT2D eigenvalue weighted by molar-refractivity contribution is -0.384. The van der Waals surface area contributed by atoms with Crippen molar-refractivity contribution >= 4 is 11.5 Å². The molecule has 0 aliphatic heterocycles. The molecule has 0 saturated carbocycles. The molecule has 0 fully saturated rings. The summed E-state index contributed by atoms with van der Waals surface area (Å²) in [7, 11) is 0. The van der Waals surface area contributed by atoms with Crippen molar-refractivity contribution in [2.45, 2.75) is 6.42 Å². The van der Waals surface area contributed by atoms with E-state index in [2.05, 4.69) is 0 Å². The molecule has 0 saturated heterocycles.